The van der Waals surface area contributed by atoms with Crippen molar-refractivity contribution in [3.8, 4) is 0 Å². The number of carbonyl (C=O) groups excluding carboxylic acids is 1. The van der Waals surface area contributed by atoms with E-state index < -0.39 is 32.5 Å². The zero-order valence-corrected chi connectivity index (χ0v) is 21.0. The Labute approximate surface area is 200 Å². The van der Waals surface area contributed by atoms with Crippen LogP contribution in [0, 0.1) is 13.8 Å². The number of sulfonamides is 2. The molecule has 0 aliphatic rings. The van der Waals surface area contributed by atoms with Crippen LogP contribution >= 0.6 is 0 Å². The van der Waals surface area contributed by atoms with E-state index in [2.05, 4.69) is 5.32 Å². The first-order valence-electron chi connectivity index (χ1n) is 10.4. The SMILES string of the molecule is Cc1ccc(S(=O)(=O)N(CC(=O)Nc2cc(S(=O)(=O)N(C)C)ccc2C)c2ccccc2)cc1. The highest BCUT2D eigenvalue weighted by Crippen LogP contribution is 2.25. The summed E-state index contributed by atoms with van der Waals surface area (Å²) in [6.45, 7) is 3.08. The standard InChI is InChI=1S/C24H27N3O5S2/c1-18-10-13-21(14-11-18)34(31,32)27(20-8-6-5-7-9-20)17-24(28)25-23-16-22(15-12-19(23)2)33(29,30)26(3)4/h5-16H,17H2,1-4H3,(H,25,28). The lowest BCUT2D eigenvalue weighted by molar-refractivity contribution is -0.114. The van der Waals surface area contributed by atoms with Gasteiger partial charge in [-0.3, -0.25) is 9.10 Å². The molecule has 0 saturated heterocycles. The van der Waals surface area contributed by atoms with Crippen LogP contribution in [0.2, 0.25) is 0 Å². The van der Waals surface area contributed by atoms with E-state index >= 15 is 0 Å². The van der Waals surface area contributed by atoms with Gasteiger partial charge in [0.2, 0.25) is 15.9 Å². The number of aryl methyl sites for hydroxylation is 2. The number of para-hydroxylation sites is 1. The minimum Gasteiger partial charge on any atom is -0.324 e. The summed E-state index contributed by atoms with van der Waals surface area (Å²) < 4.78 is 53.9. The molecule has 34 heavy (non-hydrogen) atoms. The Kier molecular flexibility index (Phi) is 7.44. The zero-order valence-electron chi connectivity index (χ0n) is 19.4. The first-order valence-corrected chi connectivity index (χ1v) is 13.3. The number of hydrogen-bond acceptors (Lipinski definition) is 5. The molecule has 0 spiro atoms. The van der Waals surface area contributed by atoms with Crippen LogP contribution in [0.4, 0.5) is 11.4 Å². The molecule has 0 aliphatic heterocycles. The third-order valence-corrected chi connectivity index (χ3v) is 8.80. The summed E-state index contributed by atoms with van der Waals surface area (Å²) in [7, 11) is -4.91. The van der Waals surface area contributed by atoms with Gasteiger partial charge in [0, 0.05) is 19.8 Å². The Hall–Kier alpha value is -3.21. The molecule has 1 amide bonds. The molecule has 0 bridgehead atoms. The van der Waals surface area contributed by atoms with Gasteiger partial charge in [0.15, 0.2) is 0 Å². The van der Waals surface area contributed by atoms with E-state index in [1.807, 2.05) is 6.92 Å². The van der Waals surface area contributed by atoms with E-state index in [0.29, 0.717) is 11.3 Å². The predicted octanol–water partition coefficient (Wildman–Crippen LogP) is 3.39. The van der Waals surface area contributed by atoms with Crippen LogP contribution in [0.25, 0.3) is 0 Å². The molecule has 0 heterocycles. The van der Waals surface area contributed by atoms with Crippen molar-refractivity contribution in [3.63, 3.8) is 0 Å². The number of nitrogens with one attached hydrogen (secondary N) is 1. The van der Waals surface area contributed by atoms with Crippen LogP contribution in [0.15, 0.2) is 82.6 Å². The molecule has 0 radical (unpaired) electrons. The van der Waals surface area contributed by atoms with Gasteiger partial charge in [-0.25, -0.2) is 21.1 Å². The summed E-state index contributed by atoms with van der Waals surface area (Å²) in [5.41, 5.74) is 2.16. The summed E-state index contributed by atoms with van der Waals surface area (Å²) >= 11 is 0. The topological polar surface area (TPSA) is 104 Å². The van der Waals surface area contributed by atoms with Crippen molar-refractivity contribution >= 4 is 37.3 Å². The largest absolute Gasteiger partial charge is 0.324 e. The van der Waals surface area contributed by atoms with E-state index in [1.165, 1.54) is 38.4 Å². The number of hydrogen-bond donors (Lipinski definition) is 1. The van der Waals surface area contributed by atoms with Gasteiger partial charge in [-0.1, -0.05) is 42.0 Å². The van der Waals surface area contributed by atoms with Crippen molar-refractivity contribution in [2.24, 2.45) is 0 Å². The molecule has 0 aromatic heterocycles. The van der Waals surface area contributed by atoms with Gasteiger partial charge in [-0.15, -0.1) is 0 Å². The van der Waals surface area contributed by atoms with Crippen molar-refractivity contribution in [3.05, 3.63) is 83.9 Å². The molecule has 0 aliphatic carbocycles. The number of rotatable bonds is 8. The molecule has 0 atom stereocenters. The highest BCUT2D eigenvalue weighted by Gasteiger charge is 2.27. The number of carbonyl (C=O) groups is 1. The third-order valence-electron chi connectivity index (χ3n) is 5.20. The molecular weight excluding hydrogens is 474 g/mol. The molecule has 10 heteroatoms. The zero-order chi connectivity index (χ0) is 25.1. The molecule has 3 aromatic carbocycles. The van der Waals surface area contributed by atoms with Crippen LogP contribution in [0.1, 0.15) is 11.1 Å². The minimum atomic E-state index is -4.04. The van der Waals surface area contributed by atoms with Gasteiger partial charge >= 0.3 is 0 Å². The lowest BCUT2D eigenvalue weighted by Gasteiger charge is -2.24. The molecular formula is C24H27N3O5S2. The fourth-order valence-corrected chi connectivity index (χ4v) is 5.52. The molecule has 0 saturated carbocycles. The van der Waals surface area contributed by atoms with E-state index in [-0.39, 0.29) is 15.5 Å². The summed E-state index contributed by atoms with van der Waals surface area (Å²) in [4.78, 5) is 13.1. The van der Waals surface area contributed by atoms with Gasteiger partial charge in [0.1, 0.15) is 6.54 Å². The summed E-state index contributed by atoms with van der Waals surface area (Å²) in [5.74, 6) is -0.609. The first kappa shape index (κ1) is 25.4. The average Bonchev–Trinajstić information content (AvgIpc) is 2.79. The Morgan fingerprint density at radius 3 is 1.97 bits per heavy atom. The number of nitrogens with zero attached hydrogens (tertiary/aromatic N) is 2. The molecule has 1 N–H and O–H groups in total. The summed E-state index contributed by atoms with van der Waals surface area (Å²) in [5, 5.41) is 2.67. The second-order valence-corrected chi connectivity index (χ2v) is 12.0. The Morgan fingerprint density at radius 1 is 0.794 bits per heavy atom. The monoisotopic (exact) mass is 501 g/mol. The number of benzene rings is 3. The molecule has 0 unspecified atom stereocenters. The van der Waals surface area contributed by atoms with Gasteiger partial charge in [-0.2, -0.15) is 0 Å². The van der Waals surface area contributed by atoms with Gasteiger partial charge in [0.05, 0.1) is 15.5 Å². The normalized spacial score (nSPS) is 11.9. The average molecular weight is 502 g/mol. The van der Waals surface area contributed by atoms with Crippen molar-refractivity contribution in [2.75, 3.05) is 30.3 Å². The van der Waals surface area contributed by atoms with Gasteiger partial charge in [0.25, 0.3) is 10.0 Å². The van der Waals surface area contributed by atoms with Crippen LogP contribution < -0.4 is 9.62 Å². The van der Waals surface area contributed by atoms with Crippen molar-refractivity contribution in [2.45, 2.75) is 23.6 Å². The molecule has 180 valence electrons. The van der Waals surface area contributed by atoms with Gasteiger partial charge in [-0.05, 0) is 55.8 Å². The fraction of sp³-hybridized carbons (Fsp3) is 0.208. The van der Waals surface area contributed by atoms with Crippen LogP contribution in [-0.4, -0.2) is 47.7 Å². The number of amides is 1. The van der Waals surface area contributed by atoms with Crippen molar-refractivity contribution in [1.29, 1.82) is 0 Å². The van der Waals surface area contributed by atoms with E-state index in [0.717, 1.165) is 14.2 Å². The predicted molar refractivity (Wildman–Crippen MR) is 133 cm³/mol. The quantitative estimate of drug-likeness (QED) is 0.510. The van der Waals surface area contributed by atoms with Gasteiger partial charge < -0.3 is 5.32 Å². The smallest absolute Gasteiger partial charge is 0.264 e. The van der Waals surface area contributed by atoms with E-state index in [9.17, 15) is 21.6 Å². The second kappa shape index (κ2) is 9.96. The van der Waals surface area contributed by atoms with E-state index in [1.54, 1.807) is 55.5 Å². The van der Waals surface area contributed by atoms with Crippen LogP contribution in [-0.2, 0) is 24.8 Å². The maximum atomic E-state index is 13.4. The summed E-state index contributed by atoms with van der Waals surface area (Å²) in [6, 6.07) is 19.1. The third kappa shape index (κ3) is 5.46. The highest BCUT2D eigenvalue weighted by atomic mass is 32.2. The van der Waals surface area contributed by atoms with Crippen molar-refractivity contribution < 1.29 is 21.6 Å². The maximum absolute atomic E-state index is 13.4. The molecule has 8 nitrogen and oxygen atoms in total. The molecule has 3 rings (SSSR count). The van der Waals surface area contributed by atoms with E-state index in [4.69, 9.17) is 0 Å². The second-order valence-electron chi connectivity index (χ2n) is 7.97. The van der Waals surface area contributed by atoms with Crippen LogP contribution in [0.3, 0.4) is 0 Å². The highest BCUT2D eigenvalue weighted by molar-refractivity contribution is 7.92. The number of anilines is 2. The maximum Gasteiger partial charge on any atom is 0.264 e. The lowest BCUT2D eigenvalue weighted by atomic mass is 10.2. The fourth-order valence-electron chi connectivity index (χ4n) is 3.17. The molecule has 0 fully saturated rings. The Morgan fingerprint density at radius 2 is 1.38 bits per heavy atom. The summed E-state index contributed by atoms with van der Waals surface area (Å²) in [6.07, 6.45) is 0. The van der Waals surface area contributed by atoms with Crippen molar-refractivity contribution in [1.82, 2.24) is 4.31 Å². The lowest BCUT2D eigenvalue weighted by Crippen LogP contribution is -2.38. The molecule has 3 aromatic rings. The minimum absolute atomic E-state index is 0.0191. The first-order chi connectivity index (χ1) is 15.9. The van der Waals surface area contributed by atoms with Crippen LogP contribution in [0.5, 0.6) is 0 Å². The Balaban J connectivity index is 1.94. The Bertz CT molecular complexity index is 1390.